The van der Waals surface area contributed by atoms with Crippen molar-refractivity contribution in [1.82, 2.24) is 5.43 Å². The number of nitrogens with one attached hydrogen (secondary N) is 1. The first-order chi connectivity index (χ1) is 14.2. The van der Waals surface area contributed by atoms with E-state index < -0.39 is 22.5 Å². The molecule has 1 aliphatic heterocycles. The Morgan fingerprint density at radius 3 is 2.57 bits per heavy atom. The van der Waals surface area contributed by atoms with E-state index in [1.54, 1.807) is 25.1 Å². The lowest BCUT2D eigenvalue weighted by Gasteiger charge is -2.25. The van der Waals surface area contributed by atoms with E-state index in [4.69, 9.17) is 16.3 Å². The predicted molar refractivity (Wildman–Crippen MR) is 122 cm³/mol. The van der Waals surface area contributed by atoms with Crippen molar-refractivity contribution in [2.75, 3.05) is 28.6 Å². The summed E-state index contributed by atoms with van der Waals surface area (Å²) in [5.74, 6) is 2.25. The normalized spacial score (nSPS) is 14.4. The summed E-state index contributed by atoms with van der Waals surface area (Å²) in [5, 5.41) is 4.40. The third kappa shape index (κ3) is 6.13. The predicted octanol–water partition coefficient (Wildman–Crippen LogP) is 3.06. The van der Waals surface area contributed by atoms with Crippen LogP contribution >= 0.6 is 23.4 Å². The fourth-order valence-corrected chi connectivity index (χ4v) is 4.44. The summed E-state index contributed by atoms with van der Waals surface area (Å²) in [6.07, 6.45) is 2.80. The van der Waals surface area contributed by atoms with E-state index in [1.807, 2.05) is 36.0 Å². The van der Waals surface area contributed by atoms with Crippen molar-refractivity contribution < 1.29 is 17.9 Å². The van der Waals surface area contributed by atoms with Crippen LogP contribution in [0, 0.1) is 6.92 Å². The van der Waals surface area contributed by atoms with Crippen LogP contribution in [-0.4, -0.2) is 50.9 Å². The molecule has 1 aliphatic rings. The number of sulfonamides is 1. The number of hydrazone groups is 1. The van der Waals surface area contributed by atoms with Crippen molar-refractivity contribution in [2.45, 2.75) is 13.0 Å². The van der Waals surface area contributed by atoms with E-state index in [0.29, 0.717) is 16.3 Å². The molecule has 10 heteroatoms. The van der Waals surface area contributed by atoms with Crippen LogP contribution in [0.3, 0.4) is 0 Å². The molecule has 7 nitrogen and oxygen atoms in total. The number of carbonyl (C=O) groups excluding carboxylic acids is 1. The van der Waals surface area contributed by atoms with Crippen molar-refractivity contribution in [3.63, 3.8) is 0 Å². The minimum Gasteiger partial charge on any atom is -0.489 e. The van der Waals surface area contributed by atoms with Gasteiger partial charge in [-0.2, -0.15) is 16.9 Å². The van der Waals surface area contributed by atoms with Crippen LogP contribution < -0.4 is 14.5 Å². The van der Waals surface area contributed by atoms with Crippen molar-refractivity contribution in [2.24, 2.45) is 5.10 Å². The second-order valence-corrected chi connectivity index (χ2v) is 10.3. The van der Waals surface area contributed by atoms with Crippen molar-refractivity contribution >= 4 is 51.2 Å². The Balaban J connectivity index is 1.60. The number of hydrogen-bond acceptors (Lipinski definition) is 6. The number of amides is 1. The Morgan fingerprint density at radius 1 is 1.30 bits per heavy atom. The molecule has 1 N–H and O–H groups in total. The molecule has 2 aromatic carbocycles. The van der Waals surface area contributed by atoms with Gasteiger partial charge in [-0.3, -0.25) is 9.10 Å². The van der Waals surface area contributed by atoms with Gasteiger partial charge >= 0.3 is 0 Å². The van der Waals surface area contributed by atoms with E-state index in [0.717, 1.165) is 33.4 Å². The third-order valence-electron chi connectivity index (χ3n) is 4.31. The molecule has 0 saturated carbocycles. The molecular formula is C20H22ClN3O4S2. The van der Waals surface area contributed by atoms with Gasteiger partial charge in [-0.05, 0) is 60.5 Å². The second-order valence-electron chi connectivity index (χ2n) is 6.84. The average Bonchev–Trinajstić information content (AvgIpc) is 2.64. The standard InChI is InChI=1S/C20H22ClN3O4S2/c1-14-9-16(21)5-8-19(14)24(30(2,26)27)11-20(25)23-22-10-15-3-6-17(7-4-15)28-18-12-29-13-18/h3-10,18H,11-13H2,1-2H3,(H,23,25)/b22-10+. The molecule has 0 atom stereocenters. The molecule has 0 unspecified atom stereocenters. The van der Waals surface area contributed by atoms with Crippen molar-refractivity contribution in [1.29, 1.82) is 0 Å². The Hall–Kier alpha value is -2.23. The molecule has 1 amide bonds. The fraction of sp³-hybridized carbons (Fsp3) is 0.300. The van der Waals surface area contributed by atoms with E-state index >= 15 is 0 Å². The van der Waals surface area contributed by atoms with Gasteiger partial charge in [0, 0.05) is 16.5 Å². The Kier molecular flexibility index (Phi) is 7.27. The van der Waals surface area contributed by atoms with Gasteiger partial charge in [-0.25, -0.2) is 13.8 Å². The highest BCUT2D eigenvalue weighted by atomic mass is 35.5. The topological polar surface area (TPSA) is 88.1 Å². The lowest BCUT2D eigenvalue weighted by atomic mass is 10.2. The van der Waals surface area contributed by atoms with Crippen LogP contribution in [0.2, 0.25) is 5.02 Å². The second kappa shape index (κ2) is 9.72. The van der Waals surface area contributed by atoms with Gasteiger partial charge in [0.1, 0.15) is 18.4 Å². The smallest absolute Gasteiger partial charge is 0.260 e. The molecule has 3 rings (SSSR count). The number of carbonyl (C=O) groups is 1. The summed E-state index contributed by atoms with van der Waals surface area (Å²) >= 11 is 7.79. The van der Waals surface area contributed by atoms with Crippen LogP contribution in [-0.2, 0) is 14.8 Å². The molecule has 160 valence electrons. The maximum atomic E-state index is 12.3. The summed E-state index contributed by atoms with van der Waals surface area (Å²) in [6, 6.07) is 12.1. The molecule has 1 saturated heterocycles. The molecule has 1 heterocycles. The first-order valence-electron chi connectivity index (χ1n) is 9.12. The van der Waals surface area contributed by atoms with E-state index in [9.17, 15) is 13.2 Å². The van der Waals surface area contributed by atoms with Gasteiger partial charge in [0.25, 0.3) is 5.91 Å². The summed E-state index contributed by atoms with van der Waals surface area (Å²) in [5.41, 5.74) is 4.18. The monoisotopic (exact) mass is 467 g/mol. The highest BCUT2D eigenvalue weighted by Gasteiger charge is 2.22. The zero-order valence-corrected chi connectivity index (χ0v) is 18.9. The minimum absolute atomic E-state index is 0.274. The number of rotatable bonds is 8. The van der Waals surface area contributed by atoms with Gasteiger partial charge in [-0.15, -0.1) is 0 Å². The largest absolute Gasteiger partial charge is 0.489 e. The van der Waals surface area contributed by atoms with Gasteiger partial charge in [0.15, 0.2) is 0 Å². The molecule has 0 bridgehead atoms. The zero-order chi connectivity index (χ0) is 21.7. The summed E-state index contributed by atoms with van der Waals surface area (Å²) in [4.78, 5) is 12.3. The number of hydrogen-bond donors (Lipinski definition) is 1. The lowest BCUT2D eigenvalue weighted by Crippen LogP contribution is -2.39. The Morgan fingerprint density at radius 2 is 2.00 bits per heavy atom. The number of benzene rings is 2. The van der Waals surface area contributed by atoms with Gasteiger partial charge in [-0.1, -0.05) is 11.6 Å². The fourth-order valence-electron chi connectivity index (χ4n) is 2.73. The molecule has 0 aliphatic carbocycles. The van der Waals surface area contributed by atoms with Crippen LogP contribution in [0.1, 0.15) is 11.1 Å². The lowest BCUT2D eigenvalue weighted by molar-refractivity contribution is -0.119. The number of halogens is 1. The Bertz CT molecular complexity index is 1040. The van der Waals surface area contributed by atoms with Crippen LogP contribution in [0.4, 0.5) is 5.69 Å². The number of thioether (sulfide) groups is 1. The number of nitrogens with zero attached hydrogens (tertiary/aromatic N) is 2. The first-order valence-corrected chi connectivity index (χ1v) is 12.5. The highest BCUT2D eigenvalue weighted by Crippen LogP contribution is 2.25. The van der Waals surface area contributed by atoms with Crippen LogP contribution in [0.15, 0.2) is 47.6 Å². The molecule has 0 aromatic heterocycles. The Labute approximate surface area is 185 Å². The molecule has 2 aromatic rings. The average molecular weight is 468 g/mol. The van der Waals surface area contributed by atoms with Gasteiger partial charge in [0.2, 0.25) is 10.0 Å². The maximum Gasteiger partial charge on any atom is 0.260 e. The number of aryl methyl sites for hydroxylation is 1. The quantitative estimate of drug-likeness (QED) is 0.476. The van der Waals surface area contributed by atoms with E-state index in [-0.39, 0.29) is 6.10 Å². The number of anilines is 1. The molecule has 0 spiro atoms. The third-order valence-corrected chi connectivity index (χ3v) is 6.88. The SMILES string of the molecule is Cc1cc(Cl)ccc1N(CC(=O)N/N=C/c1ccc(OC2CSC2)cc1)S(C)(=O)=O. The zero-order valence-electron chi connectivity index (χ0n) is 16.5. The van der Waals surface area contributed by atoms with E-state index in [2.05, 4.69) is 10.5 Å². The maximum absolute atomic E-state index is 12.3. The van der Waals surface area contributed by atoms with Crippen LogP contribution in [0.5, 0.6) is 5.75 Å². The molecular weight excluding hydrogens is 446 g/mol. The molecule has 1 fully saturated rings. The molecule has 0 radical (unpaired) electrons. The van der Waals surface area contributed by atoms with Crippen molar-refractivity contribution in [3.8, 4) is 5.75 Å². The summed E-state index contributed by atoms with van der Waals surface area (Å²) in [6.45, 7) is 1.33. The summed E-state index contributed by atoms with van der Waals surface area (Å²) < 4.78 is 31.2. The summed E-state index contributed by atoms with van der Waals surface area (Å²) in [7, 11) is -3.68. The minimum atomic E-state index is -3.68. The molecule has 30 heavy (non-hydrogen) atoms. The van der Waals surface area contributed by atoms with Gasteiger partial charge in [0.05, 0.1) is 18.2 Å². The van der Waals surface area contributed by atoms with Crippen LogP contribution in [0.25, 0.3) is 0 Å². The van der Waals surface area contributed by atoms with E-state index in [1.165, 1.54) is 6.21 Å². The highest BCUT2D eigenvalue weighted by molar-refractivity contribution is 8.00. The van der Waals surface area contributed by atoms with Gasteiger partial charge < -0.3 is 4.74 Å². The number of ether oxygens (including phenoxy) is 1. The van der Waals surface area contributed by atoms with Crippen molar-refractivity contribution in [3.05, 3.63) is 58.6 Å². The first kappa shape index (κ1) is 22.5.